The van der Waals surface area contributed by atoms with Crippen molar-refractivity contribution in [2.24, 2.45) is 5.92 Å². The molecule has 1 aliphatic heterocycles. The number of anilines is 1. The number of carbonyl (C=O) groups is 1. The Kier molecular flexibility index (Phi) is 4.68. The first-order valence-electron chi connectivity index (χ1n) is 7.79. The lowest BCUT2D eigenvalue weighted by molar-refractivity contribution is -0.125. The van der Waals surface area contributed by atoms with Gasteiger partial charge in [-0.25, -0.2) is 0 Å². The quantitative estimate of drug-likeness (QED) is 0.943. The van der Waals surface area contributed by atoms with E-state index in [1.807, 2.05) is 42.5 Å². The Morgan fingerprint density at radius 2 is 1.95 bits per heavy atom. The van der Waals surface area contributed by atoms with E-state index in [0.717, 1.165) is 37.2 Å². The maximum Gasteiger partial charge on any atom is 0.225 e. The number of hydrogen-bond donors (Lipinski definition) is 1. The number of nitrogens with one attached hydrogen (secondary N) is 1. The topological polar surface area (TPSA) is 45.2 Å². The van der Waals surface area contributed by atoms with Crippen LogP contribution in [0.5, 0.6) is 0 Å². The van der Waals surface area contributed by atoms with Crippen molar-refractivity contribution >= 4 is 11.6 Å². The Bertz CT molecular complexity index is 600. The van der Waals surface area contributed by atoms with Crippen LogP contribution in [0.2, 0.25) is 0 Å². The lowest BCUT2D eigenvalue weighted by Crippen LogP contribution is -2.42. The number of pyridine rings is 1. The average Bonchev–Trinajstić information content (AvgIpc) is 2.61. The molecule has 1 unspecified atom stereocenters. The van der Waals surface area contributed by atoms with Crippen LogP contribution in [-0.4, -0.2) is 24.0 Å². The molecule has 0 spiro atoms. The summed E-state index contributed by atoms with van der Waals surface area (Å²) in [5.74, 6) is 0.216. The molecule has 1 atom stereocenters. The molecule has 3 rings (SSSR count). The van der Waals surface area contributed by atoms with Crippen LogP contribution < -0.4 is 10.2 Å². The van der Waals surface area contributed by atoms with Gasteiger partial charge in [-0.15, -0.1) is 0 Å². The number of carbonyl (C=O) groups excluding carboxylic acids is 1. The number of rotatable bonds is 4. The van der Waals surface area contributed by atoms with E-state index in [0.29, 0.717) is 6.54 Å². The SMILES string of the molecule is O=C(NCc1ccccc1)C1CCCN(c2ccncc2)C1. The van der Waals surface area contributed by atoms with E-state index in [-0.39, 0.29) is 11.8 Å². The summed E-state index contributed by atoms with van der Waals surface area (Å²) in [7, 11) is 0. The Balaban J connectivity index is 1.56. The van der Waals surface area contributed by atoms with Gasteiger partial charge in [0.25, 0.3) is 0 Å². The summed E-state index contributed by atoms with van der Waals surface area (Å²) in [6, 6.07) is 14.0. The first kappa shape index (κ1) is 14.6. The summed E-state index contributed by atoms with van der Waals surface area (Å²) >= 11 is 0. The minimum Gasteiger partial charge on any atom is -0.371 e. The second-order valence-electron chi connectivity index (χ2n) is 5.69. The average molecular weight is 295 g/mol. The Hall–Kier alpha value is -2.36. The van der Waals surface area contributed by atoms with E-state index in [1.165, 1.54) is 0 Å². The minimum atomic E-state index is 0.0608. The maximum absolute atomic E-state index is 12.4. The molecule has 1 saturated heterocycles. The molecule has 0 bridgehead atoms. The maximum atomic E-state index is 12.4. The van der Waals surface area contributed by atoms with Crippen molar-refractivity contribution in [1.82, 2.24) is 10.3 Å². The summed E-state index contributed by atoms with van der Waals surface area (Å²) in [5.41, 5.74) is 2.29. The van der Waals surface area contributed by atoms with E-state index in [9.17, 15) is 4.79 Å². The zero-order chi connectivity index (χ0) is 15.2. The van der Waals surface area contributed by atoms with Crippen molar-refractivity contribution in [1.29, 1.82) is 0 Å². The second-order valence-corrected chi connectivity index (χ2v) is 5.69. The molecule has 22 heavy (non-hydrogen) atoms. The first-order chi connectivity index (χ1) is 10.8. The summed E-state index contributed by atoms with van der Waals surface area (Å²) < 4.78 is 0. The van der Waals surface area contributed by atoms with E-state index in [1.54, 1.807) is 12.4 Å². The molecule has 1 N–H and O–H groups in total. The number of amides is 1. The van der Waals surface area contributed by atoms with Gasteiger partial charge in [0, 0.05) is 37.7 Å². The lowest BCUT2D eigenvalue weighted by Gasteiger charge is -2.33. The third-order valence-corrected chi connectivity index (χ3v) is 4.13. The molecule has 4 nitrogen and oxygen atoms in total. The highest BCUT2D eigenvalue weighted by Crippen LogP contribution is 2.22. The zero-order valence-corrected chi connectivity index (χ0v) is 12.6. The highest BCUT2D eigenvalue weighted by atomic mass is 16.1. The monoisotopic (exact) mass is 295 g/mol. The zero-order valence-electron chi connectivity index (χ0n) is 12.6. The van der Waals surface area contributed by atoms with Crippen molar-refractivity contribution in [2.45, 2.75) is 19.4 Å². The van der Waals surface area contributed by atoms with Crippen LogP contribution in [0.15, 0.2) is 54.9 Å². The molecule has 1 fully saturated rings. The van der Waals surface area contributed by atoms with Gasteiger partial charge in [-0.05, 0) is 30.5 Å². The molecule has 1 amide bonds. The number of aromatic nitrogens is 1. The largest absolute Gasteiger partial charge is 0.371 e. The van der Waals surface area contributed by atoms with Crippen LogP contribution in [0.1, 0.15) is 18.4 Å². The minimum absolute atomic E-state index is 0.0608. The third-order valence-electron chi connectivity index (χ3n) is 4.13. The van der Waals surface area contributed by atoms with Crippen molar-refractivity contribution < 1.29 is 4.79 Å². The van der Waals surface area contributed by atoms with E-state index in [2.05, 4.69) is 15.2 Å². The number of benzene rings is 1. The van der Waals surface area contributed by atoms with Gasteiger partial charge in [0.15, 0.2) is 0 Å². The molecule has 0 radical (unpaired) electrons. The van der Waals surface area contributed by atoms with Gasteiger partial charge in [0.05, 0.1) is 5.92 Å². The molecule has 0 saturated carbocycles. The molecule has 114 valence electrons. The van der Waals surface area contributed by atoms with E-state index >= 15 is 0 Å². The van der Waals surface area contributed by atoms with Gasteiger partial charge in [-0.3, -0.25) is 9.78 Å². The molecular formula is C18H21N3O. The highest BCUT2D eigenvalue weighted by Gasteiger charge is 2.25. The van der Waals surface area contributed by atoms with E-state index in [4.69, 9.17) is 0 Å². The number of hydrogen-bond acceptors (Lipinski definition) is 3. The summed E-state index contributed by atoms with van der Waals surface area (Å²) in [6.07, 6.45) is 5.61. The van der Waals surface area contributed by atoms with E-state index < -0.39 is 0 Å². The van der Waals surface area contributed by atoms with Crippen molar-refractivity contribution in [3.63, 3.8) is 0 Å². The van der Waals surface area contributed by atoms with Gasteiger partial charge < -0.3 is 10.2 Å². The molecule has 1 aliphatic rings. The molecule has 0 aliphatic carbocycles. The van der Waals surface area contributed by atoms with Gasteiger partial charge in [0.2, 0.25) is 5.91 Å². The first-order valence-corrected chi connectivity index (χ1v) is 7.79. The van der Waals surface area contributed by atoms with Crippen LogP contribution in [-0.2, 0) is 11.3 Å². The molecule has 4 heteroatoms. The van der Waals surface area contributed by atoms with Gasteiger partial charge in [-0.1, -0.05) is 30.3 Å². The fourth-order valence-electron chi connectivity index (χ4n) is 2.91. The summed E-state index contributed by atoms with van der Waals surface area (Å²) in [4.78, 5) is 18.7. The van der Waals surface area contributed by atoms with Gasteiger partial charge in [-0.2, -0.15) is 0 Å². The highest BCUT2D eigenvalue weighted by molar-refractivity contribution is 5.79. The second kappa shape index (κ2) is 7.07. The predicted molar refractivity (Wildman–Crippen MR) is 87.5 cm³/mol. The van der Waals surface area contributed by atoms with Crippen LogP contribution in [0.25, 0.3) is 0 Å². The van der Waals surface area contributed by atoms with Crippen LogP contribution in [0.4, 0.5) is 5.69 Å². The standard InChI is InChI=1S/C18H21N3O/c22-18(20-13-15-5-2-1-3-6-15)16-7-4-12-21(14-16)17-8-10-19-11-9-17/h1-3,5-6,8-11,16H,4,7,12-14H2,(H,20,22). The number of piperidine rings is 1. The summed E-state index contributed by atoms with van der Waals surface area (Å²) in [6.45, 7) is 2.39. The predicted octanol–water partition coefficient (Wildman–Crippen LogP) is 2.61. The smallest absolute Gasteiger partial charge is 0.225 e. The van der Waals surface area contributed by atoms with Crippen molar-refractivity contribution in [3.05, 3.63) is 60.4 Å². The lowest BCUT2D eigenvalue weighted by atomic mass is 9.96. The molecule has 2 aromatic rings. The van der Waals surface area contributed by atoms with Crippen molar-refractivity contribution in [3.8, 4) is 0 Å². The Labute approximate surface area is 131 Å². The van der Waals surface area contributed by atoms with Gasteiger partial charge >= 0.3 is 0 Å². The molecule has 1 aromatic heterocycles. The van der Waals surface area contributed by atoms with Crippen LogP contribution >= 0.6 is 0 Å². The Morgan fingerprint density at radius 3 is 2.73 bits per heavy atom. The Morgan fingerprint density at radius 1 is 1.18 bits per heavy atom. The van der Waals surface area contributed by atoms with Crippen molar-refractivity contribution in [2.75, 3.05) is 18.0 Å². The van der Waals surface area contributed by atoms with Crippen LogP contribution in [0, 0.1) is 5.92 Å². The third kappa shape index (κ3) is 3.64. The molecule has 2 heterocycles. The molecule has 1 aromatic carbocycles. The number of nitrogens with zero attached hydrogens (tertiary/aromatic N) is 2. The summed E-state index contributed by atoms with van der Waals surface area (Å²) in [5, 5.41) is 3.06. The van der Waals surface area contributed by atoms with Gasteiger partial charge in [0.1, 0.15) is 0 Å². The molecular weight excluding hydrogens is 274 g/mol. The fourth-order valence-corrected chi connectivity index (χ4v) is 2.91. The fraction of sp³-hybridized carbons (Fsp3) is 0.333. The normalized spacial score (nSPS) is 18.0. The van der Waals surface area contributed by atoms with Crippen LogP contribution in [0.3, 0.4) is 0 Å².